The van der Waals surface area contributed by atoms with E-state index in [0.717, 1.165) is 12.1 Å². The number of sulfonamides is 1. The highest BCUT2D eigenvalue weighted by molar-refractivity contribution is 7.91. The van der Waals surface area contributed by atoms with Crippen LogP contribution >= 0.6 is 22.9 Å². The Morgan fingerprint density at radius 1 is 1.42 bits per heavy atom. The number of hydrogen-bond donors (Lipinski definition) is 0. The Morgan fingerprint density at radius 2 is 2.11 bits per heavy atom. The Hall–Kier alpha value is -0.140. The van der Waals surface area contributed by atoms with Gasteiger partial charge in [-0.1, -0.05) is 0 Å². The lowest BCUT2D eigenvalue weighted by Crippen LogP contribution is -2.58. The number of thiophene rings is 1. The minimum Gasteiger partial charge on any atom is -0.299 e. The SMILES string of the molecule is CN1CCN(S(=O)(=O)c2cc(CCl)cs2)CC1(C)C. The fourth-order valence-electron chi connectivity index (χ4n) is 2.09. The number of halogens is 1. The number of hydrogen-bond acceptors (Lipinski definition) is 4. The maximum Gasteiger partial charge on any atom is 0.252 e. The zero-order valence-corrected chi connectivity index (χ0v) is 13.8. The predicted octanol–water partition coefficient (Wildman–Crippen LogP) is 2.20. The van der Waals surface area contributed by atoms with Gasteiger partial charge in [0.15, 0.2) is 0 Å². The first-order valence-corrected chi connectivity index (χ1v) is 8.97. The summed E-state index contributed by atoms with van der Waals surface area (Å²) in [6.45, 7) is 5.93. The molecule has 0 amide bonds. The Bertz CT molecular complexity index is 554. The van der Waals surface area contributed by atoms with E-state index in [0.29, 0.717) is 23.2 Å². The van der Waals surface area contributed by atoms with Crippen LogP contribution in [-0.4, -0.2) is 49.8 Å². The molecule has 1 aromatic rings. The largest absolute Gasteiger partial charge is 0.299 e. The molecule has 0 aliphatic carbocycles. The van der Waals surface area contributed by atoms with Crippen LogP contribution in [0, 0.1) is 0 Å². The molecule has 108 valence electrons. The van der Waals surface area contributed by atoms with Crippen LogP contribution in [-0.2, 0) is 15.9 Å². The van der Waals surface area contributed by atoms with Gasteiger partial charge in [-0.15, -0.1) is 22.9 Å². The van der Waals surface area contributed by atoms with Gasteiger partial charge in [0.25, 0.3) is 10.0 Å². The van der Waals surface area contributed by atoms with Gasteiger partial charge in [0.2, 0.25) is 0 Å². The molecule has 4 nitrogen and oxygen atoms in total. The topological polar surface area (TPSA) is 40.6 Å². The third-order valence-corrected chi connectivity index (χ3v) is 7.28. The minimum atomic E-state index is -3.38. The van der Waals surface area contributed by atoms with Crippen molar-refractivity contribution in [2.75, 3.05) is 26.7 Å². The third-order valence-electron chi connectivity index (χ3n) is 3.66. The molecule has 7 heteroatoms. The molecular weight excluding hydrogens is 304 g/mol. The van der Waals surface area contributed by atoms with Crippen molar-refractivity contribution >= 4 is 33.0 Å². The lowest BCUT2D eigenvalue weighted by Gasteiger charge is -2.44. The number of alkyl halides is 1. The van der Waals surface area contributed by atoms with Crippen molar-refractivity contribution in [3.63, 3.8) is 0 Å². The maximum absolute atomic E-state index is 12.6. The van der Waals surface area contributed by atoms with Crippen molar-refractivity contribution in [2.45, 2.75) is 29.5 Å². The van der Waals surface area contributed by atoms with Crippen molar-refractivity contribution < 1.29 is 8.42 Å². The second-order valence-corrected chi connectivity index (χ2v) is 8.82. The highest BCUT2D eigenvalue weighted by Crippen LogP contribution is 2.28. The smallest absolute Gasteiger partial charge is 0.252 e. The summed E-state index contributed by atoms with van der Waals surface area (Å²) < 4.78 is 27.1. The molecule has 0 aromatic carbocycles. The Kier molecular flexibility index (Phi) is 4.28. The fraction of sp³-hybridized carbons (Fsp3) is 0.667. The Morgan fingerprint density at radius 3 is 2.63 bits per heavy atom. The normalized spacial score (nSPS) is 21.7. The quantitative estimate of drug-likeness (QED) is 0.801. The molecule has 1 aromatic heterocycles. The molecule has 0 unspecified atom stereocenters. The van der Waals surface area contributed by atoms with E-state index in [2.05, 4.69) is 18.7 Å². The first-order chi connectivity index (χ1) is 8.77. The predicted molar refractivity (Wildman–Crippen MR) is 79.3 cm³/mol. The second-order valence-electron chi connectivity index (χ2n) is 5.48. The van der Waals surface area contributed by atoms with E-state index in [1.54, 1.807) is 15.8 Å². The summed E-state index contributed by atoms with van der Waals surface area (Å²) >= 11 is 6.98. The molecule has 1 fully saturated rings. The van der Waals surface area contributed by atoms with E-state index in [9.17, 15) is 8.42 Å². The molecule has 2 heterocycles. The van der Waals surface area contributed by atoms with Gasteiger partial charge in [-0.25, -0.2) is 8.42 Å². The van der Waals surface area contributed by atoms with Crippen LogP contribution in [0.5, 0.6) is 0 Å². The van der Waals surface area contributed by atoms with Gasteiger partial charge in [-0.05, 0) is 37.9 Å². The Balaban J connectivity index is 2.25. The zero-order valence-electron chi connectivity index (χ0n) is 11.4. The fourth-order valence-corrected chi connectivity index (χ4v) is 5.28. The van der Waals surface area contributed by atoms with Crippen molar-refractivity contribution in [3.05, 3.63) is 17.0 Å². The van der Waals surface area contributed by atoms with Gasteiger partial charge in [-0.2, -0.15) is 4.31 Å². The summed E-state index contributed by atoms with van der Waals surface area (Å²) in [5, 5.41) is 1.81. The molecule has 1 aliphatic rings. The molecule has 2 rings (SSSR count). The van der Waals surface area contributed by atoms with Gasteiger partial charge in [0.1, 0.15) is 4.21 Å². The van der Waals surface area contributed by atoms with Gasteiger partial charge in [0, 0.05) is 31.1 Å². The average molecular weight is 323 g/mol. The number of nitrogens with zero attached hydrogens (tertiary/aromatic N) is 2. The summed E-state index contributed by atoms with van der Waals surface area (Å²) in [5.74, 6) is 0.347. The summed E-state index contributed by atoms with van der Waals surface area (Å²) in [5.41, 5.74) is 0.719. The molecule has 1 aliphatic heterocycles. The summed E-state index contributed by atoms with van der Waals surface area (Å²) in [4.78, 5) is 2.19. The van der Waals surface area contributed by atoms with Crippen LogP contribution in [0.4, 0.5) is 0 Å². The minimum absolute atomic E-state index is 0.141. The molecule has 0 bridgehead atoms. The van der Waals surface area contributed by atoms with Crippen LogP contribution < -0.4 is 0 Å². The number of piperazine rings is 1. The number of rotatable bonds is 3. The van der Waals surface area contributed by atoms with Crippen molar-refractivity contribution in [3.8, 4) is 0 Å². The number of likely N-dealkylation sites (N-methyl/N-ethyl adjacent to an activating group) is 1. The zero-order chi connectivity index (χ0) is 14.3. The Labute approximate surface area is 124 Å². The average Bonchev–Trinajstić information content (AvgIpc) is 2.81. The van der Waals surface area contributed by atoms with Crippen molar-refractivity contribution in [1.29, 1.82) is 0 Å². The van der Waals surface area contributed by atoms with E-state index in [4.69, 9.17) is 11.6 Å². The van der Waals surface area contributed by atoms with Gasteiger partial charge in [0.05, 0.1) is 0 Å². The monoisotopic (exact) mass is 322 g/mol. The van der Waals surface area contributed by atoms with Gasteiger partial charge in [-0.3, -0.25) is 4.90 Å². The lowest BCUT2D eigenvalue weighted by molar-refractivity contribution is 0.0802. The maximum atomic E-state index is 12.6. The van der Waals surface area contributed by atoms with Crippen LogP contribution in [0.25, 0.3) is 0 Å². The molecule has 0 radical (unpaired) electrons. The molecule has 0 spiro atoms. The highest BCUT2D eigenvalue weighted by atomic mass is 35.5. The van der Waals surface area contributed by atoms with Crippen molar-refractivity contribution in [2.24, 2.45) is 0 Å². The first-order valence-electron chi connectivity index (χ1n) is 6.12. The molecule has 1 saturated heterocycles. The highest BCUT2D eigenvalue weighted by Gasteiger charge is 2.37. The van der Waals surface area contributed by atoms with Crippen LogP contribution in [0.3, 0.4) is 0 Å². The van der Waals surface area contributed by atoms with Crippen molar-refractivity contribution in [1.82, 2.24) is 9.21 Å². The molecule has 0 saturated carbocycles. The van der Waals surface area contributed by atoms with Crippen LogP contribution in [0.1, 0.15) is 19.4 Å². The summed E-state index contributed by atoms with van der Waals surface area (Å²) in [6.07, 6.45) is 0. The molecule has 0 N–H and O–H groups in total. The summed E-state index contributed by atoms with van der Waals surface area (Å²) in [6, 6.07) is 1.68. The lowest BCUT2D eigenvalue weighted by atomic mass is 10.0. The molecule has 19 heavy (non-hydrogen) atoms. The third kappa shape index (κ3) is 2.97. The molecule has 0 atom stereocenters. The van der Waals surface area contributed by atoms with E-state index in [-0.39, 0.29) is 5.54 Å². The second kappa shape index (κ2) is 5.33. The van der Waals surface area contributed by atoms with E-state index >= 15 is 0 Å². The van der Waals surface area contributed by atoms with Crippen LogP contribution in [0.15, 0.2) is 15.7 Å². The van der Waals surface area contributed by atoms with Gasteiger partial charge >= 0.3 is 0 Å². The summed E-state index contributed by atoms with van der Waals surface area (Å²) in [7, 11) is -1.35. The van der Waals surface area contributed by atoms with E-state index in [1.165, 1.54) is 11.3 Å². The van der Waals surface area contributed by atoms with Gasteiger partial charge < -0.3 is 0 Å². The van der Waals surface area contributed by atoms with E-state index < -0.39 is 10.0 Å². The van der Waals surface area contributed by atoms with E-state index in [1.807, 2.05) is 7.05 Å². The first kappa shape index (κ1) is 15.3. The van der Waals surface area contributed by atoms with Crippen LogP contribution in [0.2, 0.25) is 0 Å². The standard InChI is InChI=1S/C12H19ClN2O2S2/c1-12(2)9-15(5-4-14(12)3)19(16,17)11-6-10(7-13)8-18-11/h6,8H,4-5,7,9H2,1-3H3. The molecular formula is C12H19ClN2O2S2.